The summed E-state index contributed by atoms with van der Waals surface area (Å²) >= 11 is 0. The molecule has 1 fully saturated rings. The van der Waals surface area contributed by atoms with Crippen LogP contribution in [-0.2, 0) is 14.6 Å². The number of hydrogen-bond acceptors (Lipinski definition) is 8. The van der Waals surface area contributed by atoms with Crippen molar-refractivity contribution in [2.45, 2.75) is 12.5 Å². The van der Waals surface area contributed by atoms with Crippen molar-refractivity contribution in [1.29, 1.82) is 0 Å². The number of aromatic nitrogens is 2. The largest absolute Gasteiger partial charge is 0.376 e. The molecular weight excluding hydrogens is 366 g/mol. The molecule has 1 amide bonds. The standard InChI is InChI=1S/C14H15N5O6S/c20-11(16-9-4-6-26(24,25)8-9)7-15-13-12(19(22)23)14(21)18-5-2-1-3-10(18)17-13/h1-3,5,9,15H,4,6-8H2,(H,16,20). The summed E-state index contributed by atoms with van der Waals surface area (Å²) in [5.74, 6) is -0.981. The van der Waals surface area contributed by atoms with Gasteiger partial charge in [0.2, 0.25) is 11.7 Å². The lowest BCUT2D eigenvalue weighted by molar-refractivity contribution is -0.385. The van der Waals surface area contributed by atoms with Gasteiger partial charge in [0.25, 0.3) is 0 Å². The van der Waals surface area contributed by atoms with Crippen LogP contribution in [0, 0.1) is 10.1 Å². The number of amides is 1. The Morgan fingerprint density at radius 2 is 2.19 bits per heavy atom. The van der Waals surface area contributed by atoms with Gasteiger partial charge < -0.3 is 10.6 Å². The van der Waals surface area contributed by atoms with E-state index in [2.05, 4.69) is 15.6 Å². The van der Waals surface area contributed by atoms with E-state index in [0.717, 1.165) is 4.40 Å². The maximum absolute atomic E-state index is 12.3. The van der Waals surface area contributed by atoms with Gasteiger partial charge in [-0.2, -0.15) is 0 Å². The first-order valence-corrected chi connectivity index (χ1v) is 9.48. The molecular formula is C14H15N5O6S. The predicted octanol–water partition coefficient (Wildman–Crippen LogP) is -0.682. The Morgan fingerprint density at radius 3 is 2.85 bits per heavy atom. The van der Waals surface area contributed by atoms with Gasteiger partial charge in [-0.15, -0.1) is 0 Å². The van der Waals surface area contributed by atoms with E-state index in [0.29, 0.717) is 6.42 Å². The van der Waals surface area contributed by atoms with Gasteiger partial charge in [-0.1, -0.05) is 6.07 Å². The van der Waals surface area contributed by atoms with Crippen LogP contribution in [0.2, 0.25) is 0 Å². The van der Waals surface area contributed by atoms with E-state index < -0.39 is 38.0 Å². The molecule has 0 spiro atoms. The molecule has 26 heavy (non-hydrogen) atoms. The second kappa shape index (κ2) is 6.71. The fourth-order valence-electron chi connectivity index (χ4n) is 2.72. The maximum atomic E-state index is 12.3. The van der Waals surface area contributed by atoms with Crippen molar-refractivity contribution >= 4 is 32.9 Å². The summed E-state index contributed by atoms with van der Waals surface area (Å²) in [6.07, 6.45) is 1.68. The first-order valence-electron chi connectivity index (χ1n) is 7.66. The van der Waals surface area contributed by atoms with Gasteiger partial charge in [0.05, 0.1) is 23.0 Å². The molecule has 0 radical (unpaired) electrons. The summed E-state index contributed by atoms with van der Waals surface area (Å²) in [6.45, 7) is -0.382. The van der Waals surface area contributed by atoms with E-state index in [4.69, 9.17) is 0 Å². The first-order chi connectivity index (χ1) is 12.3. The molecule has 2 aromatic heterocycles. The molecule has 1 aliphatic rings. The monoisotopic (exact) mass is 381 g/mol. The first kappa shape index (κ1) is 17.8. The van der Waals surface area contributed by atoms with Crippen molar-refractivity contribution < 1.29 is 18.1 Å². The van der Waals surface area contributed by atoms with Crippen LogP contribution in [0.5, 0.6) is 0 Å². The van der Waals surface area contributed by atoms with Gasteiger partial charge in [0.15, 0.2) is 9.84 Å². The van der Waals surface area contributed by atoms with E-state index in [1.54, 1.807) is 6.07 Å². The molecule has 0 aliphatic carbocycles. The highest BCUT2D eigenvalue weighted by atomic mass is 32.2. The van der Waals surface area contributed by atoms with Crippen LogP contribution in [0.15, 0.2) is 29.2 Å². The molecule has 1 saturated heterocycles. The number of pyridine rings is 1. The van der Waals surface area contributed by atoms with E-state index in [9.17, 15) is 28.1 Å². The van der Waals surface area contributed by atoms with Crippen molar-refractivity contribution in [2.75, 3.05) is 23.4 Å². The topological polar surface area (TPSA) is 153 Å². The number of nitrogens with one attached hydrogen (secondary N) is 2. The number of anilines is 1. The van der Waals surface area contributed by atoms with Crippen molar-refractivity contribution in [2.24, 2.45) is 0 Å². The van der Waals surface area contributed by atoms with Crippen LogP contribution in [0.25, 0.3) is 5.65 Å². The van der Waals surface area contributed by atoms with Gasteiger partial charge in [-0.3, -0.25) is 24.1 Å². The smallest absolute Gasteiger partial charge is 0.355 e. The molecule has 2 aromatic rings. The van der Waals surface area contributed by atoms with Crippen LogP contribution in [0.1, 0.15) is 6.42 Å². The predicted molar refractivity (Wildman–Crippen MR) is 91.8 cm³/mol. The van der Waals surface area contributed by atoms with Crippen molar-refractivity contribution in [1.82, 2.24) is 14.7 Å². The third-order valence-electron chi connectivity index (χ3n) is 3.91. The minimum Gasteiger partial charge on any atom is -0.355 e. The van der Waals surface area contributed by atoms with E-state index in [1.807, 2.05) is 0 Å². The molecule has 3 heterocycles. The lowest BCUT2D eigenvalue weighted by Crippen LogP contribution is -2.39. The number of fused-ring (bicyclic) bond motifs is 1. The Bertz CT molecular complexity index is 1050. The summed E-state index contributed by atoms with van der Waals surface area (Å²) in [5, 5.41) is 16.3. The van der Waals surface area contributed by atoms with E-state index in [-0.39, 0.29) is 29.5 Å². The van der Waals surface area contributed by atoms with E-state index in [1.165, 1.54) is 18.3 Å². The summed E-state index contributed by atoms with van der Waals surface area (Å²) in [5.41, 5.74) is -1.46. The third kappa shape index (κ3) is 3.64. The summed E-state index contributed by atoms with van der Waals surface area (Å²) < 4.78 is 23.8. The van der Waals surface area contributed by atoms with Crippen LogP contribution < -0.4 is 16.2 Å². The molecule has 0 saturated carbocycles. The number of carbonyl (C=O) groups is 1. The lowest BCUT2D eigenvalue weighted by Gasteiger charge is -2.12. The second-order valence-electron chi connectivity index (χ2n) is 5.82. The SMILES string of the molecule is O=C(CNc1nc2ccccn2c(=O)c1[N+](=O)[O-])NC1CCS(=O)(=O)C1. The van der Waals surface area contributed by atoms with Crippen LogP contribution in [0.3, 0.4) is 0 Å². The van der Waals surface area contributed by atoms with Gasteiger partial charge in [-0.25, -0.2) is 13.4 Å². The number of sulfone groups is 1. The van der Waals surface area contributed by atoms with Crippen molar-refractivity contribution in [3.63, 3.8) is 0 Å². The highest BCUT2D eigenvalue weighted by molar-refractivity contribution is 7.91. The van der Waals surface area contributed by atoms with Crippen LogP contribution >= 0.6 is 0 Å². The minimum absolute atomic E-state index is 0.0137. The Kier molecular flexibility index (Phi) is 4.59. The fraction of sp³-hybridized carbons (Fsp3) is 0.357. The third-order valence-corrected chi connectivity index (χ3v) is 5.67. The Hall–Kier alpha value is -3.02. The molecule has 2 N–H and O–H groups in total. The van der Waals surface area contributed by atoms with Crippen molar-refractivity contribution in [3.8, 4) is 0 Å². The van der Waals surface area contributed by atoms with Crippen LogP contribution in [-0.4, -0.2) is 52.7 Å². The number of carbonyl (C=O) groups excluding carboxylic acids is 1. The summed E-state index contributed by atoms with van der Waals surface area (Å²) in [7, 11) is -3.14. The van der Waals surface area contributed by atoms with Crippen LogP contribution in [0.4, 0.5) is 11.5 Å². The lowest BCUT2D eigenvalue weighted by atomic mass is 10.2. The summed E-state index contributed by atoms with van der Waals surface area (Å²) in [4.78, 5) is 38.6. The molecule has 11 nitrogen and oxygen atoms in total. The van der Waals surface area contributed by atoms with E-state index >= 15 is 0 Å². The number of nitro groups is 1. The molecule has 0 aromatic carbocycles. The molecule has 12 heteroatoms. The average Bonchev–Trinajstić information content (AvgIpc) is 2.91. The second-order valence-corrected chi connectivity index (χ2v) is 8.05. The Morgan fingerprint density at radius 1 is 1.42 bits per heavy atom. The number of rotatable bonds is 5. The van der Waals surface area contributed by atoms with Crippen molar-refractivity contribution in [3.05, 3.63) is 44.9 Å². The highest BCUT2D eigenvalue weighted by Crippen LogP contribution is 2.17. The minimum atomic E-state index is -3.14. The van der Waals surface area contributed by atoms with Gasteiger partial charge in [0.1, 0.15) is 5.65 Å². The quantitative estimate of drug-likeness (QED) is 0.510. The van der Waals surface area contributed by atoms with Gasteiger partial charge >= 0.3 is 11.2 Å². The Labute approximate surface area is 147 Å². The normalized spacial score (nSPS) is 18.5. The fourth-order valence-corrected chi connectivity index (χ4v) is 4.39. The highest BCUT2D eigenvalue weighted by Gasteiger charge is 2.29. The van der Waals surface area contributed by atoms with Gasteiger partial charge in [-0.05, 0) is 18.6 Å². The average molecular weight is 381 g/mol. The molecule has 0 bridgehead atoms. The molecule has 1 atom stereocenters. The zero-order valence-corrected chi connectivity index (χ0v) is 14.2. The molecule has 3 rings (SSSR count). The zero-order valence-electron chi connectivity index (χ0n) is 13.4. The van der Waals surface area contributed by atoms with Gasteiger partial charge in [0, 0.05) is 12.2 Å². The molecule has 138 valence electrons. The number of nitrogens with zero attached hydrogens (tertiary/aromatic N) is 3. The zero-order chi connectivity index (χ0) is 18.9. The maximum Gasteiger partial charge on any atom is 0.376 e. The molecule has 1 unspecified atom stereocenters. The Balaban J connectivity index is 1.78. The summed E-state index contributed by atoms with van der Waals surface area (Å²) in [6, 6.07) is 4.17. The molecule has 1 aliphatic heterocycles. The number of hydrogen-bond donors (Lipinski definition) is 2.